The van der Waals surface area contributed by atoms with E-state index < -0.39 is 23.9 Å². The summed E-state index contributed by atoms with van der Waals surface area (Å²) in [6.07, 6.45) is 2.56. The van der Waals surface area contributed by atoms with Gasteiger partial charge in [0, 0.05) is 9.75 Å². The van der Waals surface area contributed by atoms with Gasteiger partial charge in [-0.25, -0.2) is 0 Å². The Bertz CT molecular complexity index is 827. The standard InChI is InChI=1S/C18H20N2O4S2/c1-10(24-14(21)8-7-11-4-3-9-25-11)17(23)20-18-15(16(19)22)12-5-2-6-13(12)26-18/h3-4,9-10H,2,5-8H2,1H3,(H2,19,22)(H,20,23)/t10-/m1/s1. The lowest BCUT2D eigenvalue weighted by atomic mass is 10.1. The predicted molar refractivity (Wildman–Crippen MR) is 102 cm³/mol. The van der Waals surface area contributed by atoms with Crippen molar-refractivity contribution in [3.8, 4) is 0 Å². The van der Waals surface area contributed by atoms with Crippen molar-refractivity contribution in [2.45, 2.75) is 45.1 Å². The molecule has 2 aromatic rings. The summed E-state index contributed by atoms with van der Waals surface area (Å²) in [6.45, 7) is 1.52. The highest BCUT2D eigenvalue weighted by Gasteiger charge is 2.27. The van der Waals surface area contributed by atoms with Crippen LogP contribution in [0.4, 0.5) is 5.00 Å². The van der Waals surface area contributed by atoms with Gasteiger partial charge in [-0.15, -0.1) is 22.7 Å². The molecule has 1 aliphatic carbocycles. The summed E-state index contributed by atoms with van der Waals surface area (Å²) < 4.78 is 5.20. The summed E-state index contributed by atoms with van der Waals surface area (Å²) in [5, 5.41) is 5.10. The Morgan fingerprint density at radius 2 is 2.15 bits per heavy atom. The van der Waals surface area contributed by atoms with E-state index in [0.29, 0.717) is 17.0 Å². The third-order valence-corrected chi connectivity index (χ3v) is 6.38. The number of anilines is 1. The Hall–Kier alpha value is -2.19. The van der Waals surface area contributed by atoms with Crippen molar-refractivity contribution >= 4 is 45.5 Å². The lowest BCUT2D eigenvalue weighted by molar-refractivity contribution is -0.153. The van der Waals surface area contributed by atoms with Crippen LogP contribution < -0.4 is 11.1 Å². The molecule has 0 saturated carbocycles. The smallest absolute Gasteiger partial charge is 0.306 e. The number of amides is 2. The van der Waals surface area contributed by atoms with Crippen LogP contribution in [0, 0.1) is 0 Å². The van der Waals surface area contributed by atoms with Crippen molar-refractivity contribution in [1.29, 1.82) is 0 Å². The molecule has 0 aromatic carbocycles. The van der Waals surface area contributed by atoms with Crippen molar-refractivity contribution in [3.05, 3.63) is 38.4 Å². The third-order valence-electron chi connectivity index (χ3n) is 4.24. The van der Waals surface area contributed by atoms with Crippen LogP contribution in [-0.2, 0) is 33.6 Å². The molecule has 0 radical (unpaired) electrons. The number of esters is 1. The van der Waals surface area contributed by atoms with E-state index in [1.807, 2.05) is 17.5 Å². The molecule has 3 rings (SSSR count). The fraction of sp³-hybridized carbons (Fsp3) is 0.389. The predicted octanol–water partition coefficient (Wildman–Crippen LogP) is 2.90. The van der Waals surface area contributed by atoms with E-state index in [0.717, 1.165) is 34.6 Å². The van der Waals surface area contributed by atoms with Gasteiger partial charge in [0.25, 0.3) is 11.8 Å². The quantitative estimate of drug-likeness (QED) is 0.708. The Labute approximate surface area is 159 Å². The van der Waals surface area contributed by atoms with E-state index in [2.05, 4.69) is 5.32 Å². The van der Waals surface area contributed by atoms with Crippen molar-refractivity contribution in [3.63, 3.8) is 0 Å². The van der Waals surface area contributed by atoms with Crippen molar-refractivity contribution in [2.75, 3.05) is 5.32 Å². The van der Waals surface area contributed by atoms with E-state index in [1.165, 1.54) is 18.3 Å². The number of carbonyl (C=O) groups is 3. The Balaban J connectivity index is 1.57. The molecular formula is C18H20N2O4S2. The highest BCUT2D eigenvalue weighted by atomic mass is 32.1. The van der Waals surface area contributed by atoms with Gasteiger partial charge in [-0.05, 0) is 49.6 Å². The van der Waals surface area contributed by atoms with Gasteiger partial charge in [-0.2, -0.15) is 0 Å². The van der Waals surface area contributed by atoms with E-state index in [1.54, 1.807) is 11.3 Å². The highest BCUT2D eigenvalue weighted by Crippen LogP contribution is 2.38. The second kappa shape index (κ2) is 8.01. The minimum Gasteiger partial charge on any atom is -0.453 e. The van der Waals surface area contributed by atoms with Gasteiger partial charge in [0.15, 0.2) is 6.10 Å². The molecular weight excluding hydrogens is 372 g/mol. The first-order valence-electron chi connectivity index (χ1n) is 8.42. The Morgan fingerprint density at radius 1 is 1.35 bits per heavy atom. The van der Waals surface area contributed by atoms with Crippen LogP contribution in [-0.4, -0.2) is 23.9 Å². The fourth-order valence-electron chi connectivity index (χ4n) is 2.96. The molecule has 0 unspecified atom stereocenters. The van der Waals surface area contributed by atoms with E-state index >= 15 is 0 Å². The molecule has 0 spiro atoms. The maximum absolute atomic E-state index is 12.4. The van der Waals surface area contributed by atoms with Crippen molar-refractivity contribution in [2.24, 2.45) is 5.73 Å². The number of nitrogens with two attached hydrogens (primary N) is 1. The van der Waals surface area contributed by atoms with Gasteiger partial charge in [0.05, 0.1) is 12.0 Å². The first-order chi connectivity index (χ1) is 12.5. The summed E-state index contributed by atoms with van der Waals surface area (Å²) >= 11 is 2.96. The maximum Gasteiger partial charge on any atom is 0.306 e. The number of primary amides is 1. The second-order valence-corrected chi connectivity index (χ2v) is 8.26. The highest BCUT2D eigenvalue weighted by molar-refractivity contribution is 7.17. The molecule has 0 bridgehead atoms. The molecule has 2 amide bonds. The van der Waals surface area contributed by atoms with Crippen LogP contribution in [0.3, 0.4) is 0 Å². The number of hydrogen-bond acceptors (Lipinski definition) is 6. The minimum absolute atomic E-state index is 0.220. The summed E-state index contributed by atoms with van der Waals surface area (Å²) in [5.41, 5.74) is 6.82. The van der Waals surface area contributed by atoms with Gasteiger partial charge in [-0.1, -0.05) is 6.07 Å². The van der Waals surface area contributed by atoms with E-state index in [9.17, 15) is 14.4 Å². The number of ether oxygens (including phenoxy) is 1. The number of aryl methyl sites for hydroxylation is 2. The number of fused-ring (bicyclic) bond motifs is 1. The summed E-state index contributed by atoms with van der Waals surface area (Å²) in [5.74, 6) is -1.43. The van der Waals surface area contributed by atoms with Gasteiger partial charge in [0.2, 0.25) is 0 Å². The topological polar surface area (TPSA) is 98.5 Å². The zero-order valence-electron chi connectivity index (χ0n) is 14.4. The monoisotopic (exact) mass is 392 g/mol. The number of rotatable bonds is 7. The third kappa shape index (κ3) is 4.13. The van der Waals surface area contributed by atoms with E-state index in [-0.39, 0.29) is 6.42 Å². The van der Waals surface area contributed by atoms with Crippen LogP contribution in [0.5, 0.6) is 0 Å². The summed E-state index contributed by atoms with van der Waals surface area (Å²) in [7, 11) is 0. The molecule has 2 heterocycles. The lowest BCUT2D eigenvalue weighted by Crippen LogP contribution is -2.30. The molecule has 6 nitrogen and oxygen atoms in total. The molecule has 8 heteroatoms. The normalized spacial score (nSPS) is 13.9. The second-order valence-electron chi connectivity index (χ2n) is 6.13. The number of thiophene rings is 2. The van der Waals surface area contributed by atoms with Crippen molar-refractivity contribution in [1.82, 2.24) is 0 Å². The largest absolute Gasteiger partial charge is 0.453 e. The fourth-order valence-corrected chi connectivity index (χ4v) is 4.96. The zero-order valence-corrected chi connectivity index (χ0v) is 16.0. The van der Waals surface area contributed by atoms with Gasteiger partial charge < -0.3 is 15.8 Å². The first kappa shape index (κ1) is 18.6. The SMILES string of the molecule is C[C@@H](OC(=O)CCc1cccs1)C(=O)Nc1sc2c(c1C(N)=O)CCC2. The first-order valence-corrected chi connectivity index (χ1v) is 10.1. The average Bonchev–Trinajstić information content (AvgIpc) is 3.29. The lowest BCUT2D eigenvalue weighted by Gasteiger charge is -2.13. The number of nitrogens with one attached hydrogen (secondary N) is 1. The number of carbonyl (C=O) groups excluding carboxylic acids is 3. The molecule has 1 atom stereocenters. The van der Waals surface area contributed by atoms with E-state index in [4.69, 9.17) is 10.5 Å². The van der Waals surface area contributed by atoms with Gasteiger partial charge in [-0.3, -0.25) is 14.4 Å². The number of hydrogen-bond donors (Lipinski definition) is 2. The molecule has 26 heavy (non-hydrogen) atoms. The molecule has 0 aliphatic heterocycles. The summed E-state index contributed by atoms with van der Waals surface area (Å²) in [6, 6.07) is 3.88. The maximum atomic E-state index is 12.4. The molecule has 2 aromatic heterocycles. The van der Waals surface area contributed by atoms with Crippen LogP contribution in [0.25, 0.3) is 0 Å². The van der Waals surface area contributed by atoms with Crippen LogP contribution in [0.1, 0.15) is 45.4 Å². The Kier molecular flexibility index (Phi) is 5.73. The minimum atomic E-state index is -0.941. The molecule has 0 saturated heterocycles. The van der Waals surface area contributed by atoms with Gasteiger partial charge in [0.1, 0.15) is 5.00 Å². The van der Waals surface area contributed by atoms with Crippen LogP contribution in [0.15, 0.2) is 17.5 Å². The molecule has 0 fully saturated rings. The Morgan fingerprint density at radius 3 is 2.85 bits per heavy atom. The van der Waals surface area contributed by atoms with Crippen LogP contribution in [0.2, 0.25) is 0 Å². The van der Waals surface area contributed by atoms with Gasteiger partial charge >= 0.3 is 5.97 Å². The average molecular weight is 393 g/mol. The zero-order chi connectivity index (χ0) is 18.7. The van der Waals surface area contributed by atoms with Crippen LogP contribution >= 0.6 is 22.7 Å². The molecule has 3 N–H and O–H groups in total. The van der Waals surface area contributed by atoms with Crippen molar-refractivity contribution < 1.29 is 19.1 Å². The molecule has 138 valence electrons. The summed E-state index contributed by atoms with van der Waals surface area (Å²) in [4.78, 5) is 38.2. The molecule has 1 aliphatic rings.